The van der Waals surface area contributed by atoms with Crippen molar-refractivity contribution in [2.45, 2.75) is 13.3 Å². The molecule has 34 heavy (non-hydrogen) atoms. The fraction of sp³-hybridized carbons (Fsp3) is 0.250. The fourth-order valence-corrected chi connectivity index (χ4v) is 5.04. The van der Waals surface area contributed by atoms with Crippen LogP contribution in [-0.2, 0) is 14.8 Å². The molecule has 2 amide bonds. The number of nitrogens with one attached hydrogen (secondary N) is 2. The molecule has 4 rings (SSSR count). The summed E-state index contributed by atoms with van der Waals surface area (Å²) in [6.07, 6.45) is 3.56. The number of primary amides is 1. The zero-order valence-electron chi connectivity index (χ0n) is 18.8. The van der Waals surface area contributed by atoms with Gasteiger partial charge in [-0.15, -0.1) is 0 Å². The molecular weight excluding hydrogens is 459 g/mol. The van der Waals surface area contributed by atoms with Crippen LogP contribution in [0.15, 0.2) is 42.5 Å². The second kappa shape index (κ2) is 9.03. The molecule has 2 aromatic carbocycles. The lowest BCUT2D eigenvalue weighted by molar-refractivity contribution is -0.117. The van der Waals surface area contributed by atoms with Crippen molar-refractivity contribution in [3.8, 4) is 11.1 Å². The quantitative estimate of drug-likeness (QED) is 0.497. The molecule has 0 unspecified atom stereocenters. The minimum Gasteiger partial charge on any atom is -0.366 e. The second-order valence-corrected chi connectivity index (χ2v) is 10.2. The summed E-state index contributed by atoms with van der Waals surface area (Å²) in [6, 6.07) is 10.7. The first kappa shape index (κ1) is 23.7. The Balaban J connectivity index is 1.83. The van der Waals surface area contributed by atoms with Crippen molar-refractivity contribution in [1.82, 2.24) is 9.29 Å². The number of halogens is 1. The topological polar surface area (TPSA) is 125 Å². The highest BCUT2D eigenvalue weighted by Crippen LogP contribution is 2.37. The van der Waals surface area contributed by atoms with Gasteiger partial charge in [0.25, 0.3) is 11.8 Å². The lowest BCUT2D eigenvalue weighted by Crippen LogP contribution is -2.33. The lowest BCUT2D eigenvalue weighted by Gasteiger charge is -2.23. The Hall–Kier alpha value is -3.50. The van der Waals surface area contributed by atoms with E-state index in [2.05, 4.69) is 10.3 Å². The molecule has 0 saturated heterocycles. The number of rotatable bonds is 6. The molecule has 2 heterocycles. The van der Waals surface area contributed by atoms with Crippen LogP contribution in [0.4, 0.5) is 10.1 Å². The normalized spacial score (nSPS) is 14.7. The van der Waals surface area contributed by atoms with Crippen LogP contribution in [0.1, 0.15) is 28.0 Å². The van der Waals surface area contributed by atoms with Crippen LogP contribution in [-0.4, -0.2) is 55.5 Å². The summed E-state index contributed by atoms with van der Waals surface area (Å²) in [5.74, 6) is -1.31. The zero-order chi connectivity index (χ0) is 24.6. The number of hydrogen-bond donors (Lipinski definition) is 3. The van der Waals surface area contributed by atoms with Crippen LogP contribution in [0.2, 0.25) is 0 Å². The van der Waals surface area contributed by atoms with Crippen LogP contribution < -0.4 is 11.1 Å². The van der Waals surface area contributed by atoms with Gasteiger partial charge in [0.1, 0.15) is 0 Å². The number of carbonyl (C=O) groups is 2. The van der Waals surface area contributed by atoms with Crippen molar-refractivity contribution in [3.63, 3.8) is 0 Å². The van der Waals surface area contributed by atoms with Crippen LogP contribution in [0.25, 0.3) is 27.6 Å². The Kier molecular flexibility index (Phi) is 6.28. The third kappa shape index (κ3) is 4.46. The Bertz CT molecular complexity index is 1440. The molecule has 0 spiro atoms. The van der Waals surface area contributed by atoms with Gasteiger partial charge in [0.05, 0.1) is 17.3 Å². The molecule has 0 aliphatic carbocycles. The number of alkyl halides is 1. The predicted octanol–water partition coefficient (Wildman–Crippen LogP) is 3.20. The molecule has 0 bridgehead atoms. The van der Waals surface area contributed by atoms with Gasteiger partial charge in [0, 0.05) is 29.9 Å². The SMILES string of the molecule is Cc1c(NC(=O)CF)cccc1-c1ccc(C(N)=O)c2[nH]c(C3=CCN(S(C)(=O)=O)CC3)cc12. The fourth-order valence-electron chi connectivity index (χ4n) is 4.28. The molecule has 1 aliphatic rings. The van der Waals surface area contributed by atoms with E-state index in [4.69, 9.17) is 5.73 Å². The van der Waals surface area contributed by atoms with Gasteiger partial charge in [-0.25, -0.2) is 12.8 Å². The Morgan fingerprint density at radius 2 is 1.97 bits per heavy atom. The monoisotopic (exact) mass is 484 g/mol. The standard InChI is InChI=1S/C24H25FN4O4S/c1-14-16(4-3-5-20(14)27-22(30)13-25)17-6-7-18(24(26)31)23-19(17)12-21(28-23)15-8-10-29(11-9-15)34(2,32)33/h3-8,12,28H,9-11,13H2,1-2H3,(H2,26,31)(H,27,30). The summed E-state index contributed by atoms with van der Waals surface area (Å²) in [5.41, 5.74) is 11.1. The molecule has 0 atom stereocenters. The highest BCUT2D eigenvalue weighted by atomic mass is 32.2. The summed E-state index contributed by atoms with van der Waals surface area (Å²) in [5, 5.41) is 3.32. The summed E-state index contributed by atoms with van der Waals surface area (Å²) >= 11 is 0. The number of H-pyrrole nitrogens is 1. The maximum Gasteiger partial charge on any atom is 0.255 e. The molecule has 10 heteroatoms. The van der Waals surface area contributed by atoms with Crippen molar-refractivity contribution >= 4 is 44.0 Å². The predicted molar refractivity (Wildman–Crippen MR) is 131 cm³/mol. The molecule has 8 nitrogen and oxygen atoms in total. The molecule has 0 saturated carbocycles. The number of carbonyl (C=O) groups excluding carboxylic acids is 2. The molecule has 4 N–H and O–H groups in total. The van der Waals surface area contributed by atoms with E-state index in [-0.39, 0.29) is 6.54 Å². The molecule has 1 aromatic heterocycles. The van der Waals surface area contributed by atoms with Crippen LogP contribution >= 0.6 is 0 Å². The van der Waals surface area contributed by atoms with Gasteiger partial charge in [0.15, 0.2) is 6.67 Å². The van der Waals surface area contributed by atoms with E-state index in [1.165, 1.54) is 10.6 Å². The number of nitrogens with two attached hydrogens (primary N) is 1. The largest absolute Gasteiger partial charge is 0.366 e. The van der Waals surface area contributed by atoms with E-state index < -0.39 is 28.5 Å². The van der Waals surface area contributed by atoms with Gasteiger partial charge in [-0.2, -0.15) is 4.31 Å². The number of aromatic nitrogens is 1. The second-order valence-electron chi connectivity index (χ2n) is 8.26. The maximum absolute atomic E-state index is 12.7. The Labute approximate surface area is 196 Å². The van der Waals surface area contributed by atoms with Gasteiger partial charge < -0.3 is 16.0 Å². The molecule has 178 valence electrons. The third-order valence-electron chi connectivity index (χ3n) is 6.07. The first-order valence-corrected chi connectivity index (χ1v) is 12.5. The highest BCUT2D eigenvalue weighted by Gasteiger charge is 2.23. The van der Waals surface area contributed by atoms with E-state index >= 15 is 0 Å². The maximum atomic E-state index is 12.7. The average Bonchev–Trinajstić information content (AvgIpc) is 3.24. The van der Waals surface area contributed by atoms with E-state index in [1.807, 2.05) is 25.1 Å². The summed E-state index contributed by atoms with van der Waals surface area (Å²) in [7, 11) is -3.27. The van der Waals surface area contributed by atoms with Crippen molar-refractivity contribution in [3.05, 3.63) is 59.3 Å². The van der Waals surface area contributed by atoms with Crippen molar-refractivity contribution in [2.75, 3.05) is 31.3 Å². The van der Waals surface area contributed by atoms with E-state index in [0.717, 1.165) is 33.3 Å². The summed E-state index contributed by atoms with van der Waals surface area (Å²) in [6.45, 7) is 1.35. The molecule has 3 aromatic rings. The van der Waals surface area contributed by atoms with Gasteiger partial charge in [0.2, 0.25) is 10.0 Å². The average molecular weight is 485 g/mol. The number of sulfonamides is 1. The minimum atomic E-state index is -3.27. The highest BCUT2D eigenvalue weighted by molar-refractivity contribution is 7.88. The first-order chi connectivity index (χ1) is 16.1. The number of amides is 2. The van der Waals surface area contributed by atoms with Crippen LogP contribution in [0.5, 0.6) is 0 Å². The van der Waals surface area contributed by atoms with E-state index in [9.17, 15) is 22.4 Å². The number of nitrogens with zero attached hydrogens (tertiary/aromatic N) is 1. The van der Waals surface area contributed by atoms with Gasteiger partial charge >= 0.3 is 0 Å². The Morgan fingerprint density at radius 1 is 1.21 bits per heavy atom. The number of aromatic amines is 1. The first-order valence-electron chi connectivity index (χ1n) is 10.7. The third-order valence-corrected chi connectivity index (χ3v) is 7.34. The number of benzene rings is 2. The van der Waals surface area contributed by atoms with Gasteiger partial charge in [-0.3, -0.25) is 9.59 Å². The summed E-state index contributed by atoms with van der Waals surface area (Å²) < 4.78 is 37.8. The number of hydrogen-bond acceptors (Lipinski definition) is 4. The van der Waals surface area contributed by atoms with E-state index in [0.29, 0.717) is 29.7 Å². The summed E-state index contributed by atoms with van der Waals surface area (Å²) in [4.78, 5) is 27.0. The van der Waals surface area contributed by atoms with Crippen LogP contribution in [0, 0.1) is 6.92 Å². The lowest BCUT2D eigenvalue weighted by atomic mass is 9.94. The van der Waals surface area contributed by atoms with Crippen molar-refractivity contribution < 1.29 is 22.4 Å². The molecule has 0 radical (unpaired) electrons. The van der Waals surface area contributed by atoms with Crippen molar-refractivity contribution in [2.24, 2.45) is 5.73 Å². The molecule has 1 aliphatic heterocycles. The number of fused-ring (bicyclic) bond motifs is 1. The van der Waals surface area contributed by atoms with Crippen molar-refractivity contribution in [1.29, 1.82) is 0 Å². The Morgan fingerprint density at radius 3 is 2.59 bits per heavy atom. The van der Waals surface area contributed by atoms with E-state index in [1.54, 1.807) is 24.3 Å². The molecule has 0 fully saturated rings. The smallest absolute Gasteiger partial charge is 0.255 e. The minimum absolute atomic E-state index is 0.272. The van der Waals surface area contributed by atoms with Gasteiger partial charge in [-0.1, -0.05) is 24.3 Å². The molecular formula is C24H25FN4O4S. The van der Waals surface area contributed by atoms with Gasteiger partial charge in [-0.05, 0) is 53.8 Å². The zero-order valence-corrected chi connectivity index (χ0v) is 19.6. The number of anilines is 1. The van der Waals surface area contributed by atoms with Crippen LogP contribution in [0.3, 0.4) is 0 Å².